The zero-order valence-corrected chi connectivity index (χ0v) is 21.8. The van der Waals surface area contributed by atoms with Gasteiger partial charge in [-0.05, 0) is 72.7 Å². The van der Waals surface area contributed by atoms with Crippen molar-refractivity contribution < 1.29 is 13.5 Å². The van der Waals surface area contributed by atoms with Crippen molar-refractivity contribution in [3.63, 3.8) is 0 Å². The highest BCUT2D eigenvalue weighted by atomic mass is 35.5. The highest BCUT2D eigenvalue weighted by Crippen LogP contribution is 2.33. The molecule has 0 amide bonds. The van der Waals surface area contributed by atoms with Crippen LogP contribution in [0.4, 0.5) is 0 Å². The van der Waals surface area contributed by atoms with Gasteiger partial charge in [-0.25, -0.2) is 8.42 Å². The van der Waals surface area contributed by atoms with Crippen molar-refractivity contribution in [3.05, 3.63) is 77.4 Å². The van der Waals surface area contributed by atoms with Crippen molar-refractivity contribution in [2.45, 2.75) is 43.9 Å². The van der Waals surface area contributed by atoms with Crippen LogP contribution in [0, 0.1) is 12.8 Å². The molecule has 4 nitrogen and oxygen atoms in total. The van der Waals surface area contributed by atoms with Crippen LogP contribution in [-0.2, 0) is 9.84 Å². The molecule has 1 aliphatic rings. The van der Waals surface area contributed by atoms with Crippen molar-refractivity contribution in [2.24, 2.45) is 5.92 Å². The number of fused-ring (bicyclic) bond motifs is 1. The first-order chi connectivity index (χ1) is 16.7. The zero-order valence-electron chi connectivity index (χ0n) is 20.2. The lowest BCUT2D eigenvalue weighted by molar-refractivity contribution is 0.190. The predicted molar refractivity (Wildman–Crippen MR) is 146 cm³/mol. The van der Waals surface area contributed by atoms with E-state index in [4.69, 9.17) is 16.7 Å². The maximum absolute atomic E-state index is 11.6. The average molecular weight is 510 g/mol. The molecule has 0 spiro atoms. The summed E-state index contributed by atoms with van der Waals surface area (Å²) in [6, 6.07) is 21.2. The van der Waals surface area contributed by atoms with Gasteiger partial charge in [-0.15, -0.1) is 0 Å². The summed E-state index contributed by atoms with van der Waals surface area (Å²) < 4.78 is 23.2. The SMILES string of the molecule is Cc1cc2cc(-c3ccc(-c4ccc(S(C)(=O)=O)cc4)cc3)c(Cl)cc2[nH]1.OCC1CCCCC1. The molecule has 1 fully saturated rings. The molecule has 3 aromatic carbocycles. The van der Waals surface area contributed by atoms with Crippen molar-refractivity contribution in [2.75, 3.05) is 12.9 Å². The molecule has 0 radical (unpaired) electrons. The van der Waals surface area contributed by atoms with Crippen LogP contribution < -0.4 is 0 Å². The molecule has 1 aromatic heterocycles. The second-order valence-electron chi connectivity index (χ2n) is 9.43. The number of halogens is 1. The Hall–Kier alpha value is -2.60. The molecule has 0 bridgehead atoms. The van der Waals surface area contributed by atoms with Gasteiger partial charge in [0.2, 0.25) is 0 Å². The van der Waals surface area contributed by atoms with E-state index in [0.29, 0.717) is 22.4 Å². The van der Waals surface area contributed by atoms with Gasteiger partial charge in [0.1, 0.15) is 0 Å². The van der Waals surface area contributed by atoms with Gasteiger partial charge in [0.05, 0.1) is 9.92 Å². The standard InChI is InChI=1S/C22H18ClNO2S.C7H14O/c1-14-11-18-12-20(21(23)13-22(18)24-14)17-5-3-15(4-6-17)16-7-9-19(10-8-16)27(2,25)26;8-6-7-4-2-1-3-5-7/h3-13,24H,1-2H3;7-8H,1-6H2. The van der Waals surface area contributed by atoms with E-state index in [9.17, 15) is 8.42 Å². The van der Waals surface area contributed by atoms with Gasteiger partial charge in [0.15, 0.2) is 9.84 Å². The van der Waals surface area contributed by atoms with E-state index in [2.05, 4.69) is 17.1 Å². The summed E-state index contributed by atoms with van der Waals surface area (Å²) in [4.78, 5) is 3.62. The van der Waals surface area contributed by atoms with Crippen LogP contribution in [-0.4, -0.2) is 31.4 Å². The molecule has 4 aromatic rings. The second-order valence-corrected chi connectivity index (χ2v) is 11.9. The second kappa shape index (κ2) is 11.0. The Morgan fingerprint density at radius 1 is 0.886 bits per heavy atom. The number of sulfone groups is 1. The number of aromatic nitrogens is 1. The van der Waals surface area contributed by atoms with Crippen LogP contribution in [0.25, 0.3) is 33.2 Å². The molecule has 1 saturated carbocycles. The van der Waals surface area contributed by atoms with Crippen molar-refractivity contribution in [1.29, 1.82) is 0 Å². The van der Waals surface area contributed by atoms with Gasteiger partial charge in [-0.3, -0.25) is 0 Å². The normalized spacial score (nSPS) is 14.5. The summed E-state index contributed by atoms with van der Waals surface area (Å²) in [6.45, 7) is 2.44. The average Bonchev–Trinajstić information content (AvgIpc) is 3.23. The third-order valence-electron chi connectivity index (χ3n) is 6.64. The molecular formula is C29H32ClNO3S. The first-order valence-corrected chi connectivity index (χ1v) is 14.3. The molecule has 1 heterocycles. The minimum absolute atomic E-state index is 0.324. The molecule has 2 N–H and O–H groups in total. The van der Waals surface area contributed by atoms with Crippen molar-refractivity contribution in [1.82, 2.24) is 4.98 Å². The van der Waals surface area contributed by atoms with Gasteiger partial charge in [0.25, 0.3) is 0 Å². The zero-order chi connectivity index (χ0) is 25.0. The number of aromatic amines is 1. The fourth-order valence-electron chi connectivity index (χ4n) is 4.63. The lowest BCUT2D eigenvalue weighted by Gasteiger charge is -2.18. The number of aliphatic hydroxyl groups is 1. The number of nitrogens with one attached hydrogen (secondary N) is 1. The highest BCUT2D eigenvalue weighted by molar-refractivity contribution is 7.90. The first kappa shape index (κ1) is 25.5. The molecule has 0 atom stereocenters. The summed E-state index contributed by atoms with van der Waals surface area (Å²) >= 11 is 6.49. The van der Waals surface area contributed by atoms with E-state index in [1.807, 2.05) is 49.4 Å². The Morgan fingerprint density at radius 3 is 2.00 bits per heavy atom. The lowest BCUT2D eigenvalue weighted by Crippen LogP contribution is -2.09. The molecule has 184 valence electrons. The minimum Gasteiger partial charge on any atom is -0.396 e. The molecule has 35 heavy (non-hydrogen) atoms. The van der Waals surface area contributed by atoms with E-state index in [-0.39, 0.29) is 0 Å². The van der Waals surface area contributed by atoms with E-state index in [1.54, 1.807) is 12.1 Å². The molecule has 0 unspecified atom stereocenters. The van der Waals surface area contributed by atoms with Gasteiger partial charge in [-0.2, -0.15) is 0 Å². The summed E-state index contributed by atoms with van der Waals surface area (Å²) in [5.74, 6) is 0.642. The summed E-state index contributed by atoms with van der Waals surface area (Å²) in [7, 11) is -3.18. The fourth-order valence-corrected chi connectivity index (χ4v) is 5.53. The van der Waals surface area contributed by atoms with Gasteiger partial charge < -0.3 is 10.1 Å². The van der Waals surface area contributed by atoms with Gasteiger partial charge >= 0.3 is 0 Å². The number of aryl methyl sites for hydroxylation is 1. The van der Waals surface area contributed by atoms with Gasteiger partial charge in [0, 0.05) is 35.0 Å². The maximum atomic E-state index is 11.6. The Labute approximate surface area is 212 Å². The first-order valence-electron chi connectivity index (χ1n) is 12.1. The van der Waals surface area contributed by atoms with Crippen LogP contribution in [0.5, 0.6) is 0 Å². The Kier molecular flexibility index (Phi) is 8.00. The highest BCUT2D eigenvalue weighted by Gasteiger charge is 2.11. The maximum Gasteiger partial charge on any atom is 0.175 e. The molecule has 0 aliphatic heterocycles. The smallest absolute Gasteiger partial charge is 0.175 e. The van der Waals surface area contributed by atoms with E-state index >= 15 is 0 Å². The number of hydrogen-bond acceptors (Lipinski definition) is 3. The number of aliphatic hydroxyl groups excluding tert-OH is 1. The molecule has 5 rings (SSSR count). The number of H-pyrrole nitrogens is 1. The van der Waals surface area contributed by atoms with E-state index in [1.165, 1.54) is 38.4 Å². The molecule has 0 saturated heterocycles. The minimum atomic E-state index is -3.18. The Bertz CT molecular complexity index is 1380. The molecule has 6 heteroatoms. The third kappa shape index (κ3) is 6.35. The fraction of sp³-hybridized carbons (Fsp3) is 0.310. The monoisotopic (exact) mass is 509 g/mol. The van der Waals surface area contributed by atoms with Crippen LogP contribution in [0.2, 0.25) is 5.02 Å². The quantitative estimate of drug-likeness (QED) is 0.300. The van der Waals surface area contributed by atoms with Crippen LogP contribution in [0.15, 0.2) is 71.6 Å². The topological polar surface area (TPSA) is 70.2 Å². The van der Waals surface area contributed by atoms with Crippen LogP contribution in [0.1, 0.15) is 37.8 Å². The van der Waals surface area contributed by atoms with Crippen LogP contribution in [0.3, 0.4) is 0 Å². The molecular weight excluding hydrogens is 478 g/mol. The van der Waals surface area contributed by atoms with Crippen molar-refractivity contribution >= 4 is 32.3 Å². The summed E-state index contributed by atoms with van der Waals surface area (Å²) in [6.07, 6.45) is 7.79. The number of rotatable bonds is 4. The molecule has 1 aliphatic carbocycles. The number of benzene rings is 3. The largest absolute Gasteiger partial charge is 0.396 e. The Balaban J connectivity index is 0.000000308. The summed E-state index contributed by atoms with van der Waals surface area (Å²) in [5, 5.41) is 10.5. The predicted octanol–water partition coefficient (Wildman–Crippen LogP) is 7.43. The summed E-state index contributed by atoms with van der Waals surface area (Å²) in [5.41, 5.74) is 6.15. The lowest BCUT2D eigenvalue weighted by atomic mass is 9.90. The Morgan fingerprint density at radius 2 is 1.46 bits per heavy atom. The third-order valence-corrected chi connectivity index (χ3v) is 8.08. The van der Waals surface area contributed by atoms with Crippen molar-refractivity contribution in [3.8, 4) is 22.3 Å². The van der Waals surface area contributed by atoms with E-state index < -0.39 is 9.84 Å². The van der Waals surface area contributed by atoms with Crippen LogP contribution >= 0.6 is 11.6 Å². The van der Waals surface area contributed by atoms with Gasteiger partial charge in [-0.1, -0.05) is 67.3 Å². The number of hydrogen-bond donors (Lipinski definition) is 2. The van der Waals surface area contributed by atoms with E-state index in [0.717, 1.165) is 38.9 Å².